The number of carbonyl (C=O) groups excluding carboxylic acids is 4. The molecule has 14 nitrogen and oxygen atoms in total. The van der Waals surface area contributed by atoms with Crippen LogP contribution in [0.1, 0.15) is 49.9 Å². The molecular formula is C36H46N4O10. The van der Waals surface area contributed by atoms with Gasteiger partial charge < -0.3 is 48.9 Å². The number of allylic oxidation sites excluding steroid dienone is 2. The van der Waals surface area contributed by atoms with E-state index in [1.807, 2.05) is 24.3 Å². The van der Waals surface area contributed by atoms with Crippen LogP contribution in [0.3, 0.4) is 0 Å². The van der Waals surface area contributed by atoms with Crippen LogP contribution in [0.15, 0.2) is 71.1 Å². The number of nitrogens with zero attached hydrogens (tertiary/aromatic N) is 2. The highest BCUT2D eigenvalue weighted by Gasteiger charge is 2.36. The predicted molar refractivity (Wildman–Crippen MR) is 182 cm³/mol. The van der Waals surface area contributed by atoms with Crippen LogP contribution in [0, 0.1) is 0 Å². The zero-order valence-corrected chi connectivity index (χ0v) is 29.4. The second-order valence-corrected chi connectivity index (χ2v) is 11.7. The Labute approximate surface area is 292 Å². The standard InChI is InChI=1S/C36H46N4O10/c1-23-29(33(41)49-21-19-45-5)31(37-35(43)39(23)3)25-9-13-27(14-10-25)47-17-7-8-18-48-28-15-11-26(12-16-28)32-30(34(42)50-22-20-46-6)24(2)40(4)36(44)38-32/h9-16,31-32H,7-8,17-22H2,1-6H3,(H,37,43)(H,38,44). The highest BCUT2D eigenvalue weighted by molar-refractivity contribution is 5.95. The quantitative estimate of drug-likeness (QED) is 0.182. The first-order valence-corrected chi connectivity index (χ1v) is 16.3. The van der Waals surface area contributed by atoms with Crippen molar-refractivity contribution in [2.45, 2.75) is 38.8 Å². The second-order valence-electron chi connectivity index (χ2n) is 11.7. The van der Waals surface area contributed by atoms with Gasteiger partial charge in [-0.15, -0.1) is 0 Å². The SMILES string of the molecule is COCCOC(=O)C1=C(C)N(C)C(=O)NC1c1ccc(OCCCCOc2ccc(C3NC(=O)N(C)C(C)=C3C(=O)OCCOC)cc2)cc1. The van der Waals surface area contributed by atoms with E-state index in [0.29, 0.717) is 47.3 Å². The number of rotatable bonds is 17. The van der Waals surface area contributed by atoms with Gasteiger partial charge in [0.25, 0.3) is 0 Å². The molecule has 4 amide bonds. The maximum absolute atomic E-state index is 12.9. The van der Waals surface area contributed by atoms with E-state index in [2.05, 4.69) is 10.6 Å². The molecular weight excluding hydrogens is 648 g/mol. The Bertz CT molecular complexity index is 1450. The van der Waals surface area contributed by atoms with E-state index in [-0.39, 0.29) is 38.5 Å². The molecule has 50 heavy (non-hydrogen) atoms. The van der Waals surface area contributed by atoms with Crippen LogP contribution in [0.2, 0.25) is 0 Å². The molecule has 2 atom stereocenters. The fourth-order valence-corrected chi connectivity index (χ4v) is 5.39. The number of esters is 2. The number of urea groups is 2. The van der Waals surface area contributed by atoms with E-state index in [0.717, 1.165) is 24.0 Å². The number of methoxy groups -OCH3 is 2. The lowest BCUT2D eigenvalue weighted by Crippen LogP contribution is -2.46. The van der Waals surface area contributed by atoms with Gasteiger partial charge in [0.1, 0.15) is 24.7 Å². The van der Waals surface area contributed by atoms with E-state index in [1.165, 1.54) is 24.0 Å². The third-order valence-corrected chi connectivity index (χ3v) is 8.49. The molecule has 2 unspecified atom stereocenters. The van der Waals surface area contributed by atoms with Crippen molar-refractivity contribution in [3.8, 4) is 11.5 Å². The van der Waals surface area contributed by atoms with E-state index in [4.69, 9.17) is 28.4 Å². The predicted octanol–water partition coefficient (Wildman–Crippen LogP) is 4.24. The zero-order chi connectivity index (χ0) is 36.2. The molecule has 0 spiro atoms. The largest absolute Gasteiger partial charge is 0.494 e. The Hall–Kier alpha value is -5.08. The highest BCUT2D eigenvalue weighted by Crippen LogP contribution is 2.33. The lowest BCUT2D eigenvalue weighted by molar-refractivity contribution is -0.141. The van der Waals surface area contributed by atoms with Crippen LogP contribution in [0.25, 0.3) is 0 Å². The van der Waals surface area contributed by atoms with Crippen molar-refractivity contribution < 1.29 is 47.6 Å². The third kappa shape index (κ3) is 9.33. The summed E-state index contributed by atoms with van der Waals surface area (Å²) in [4.78, 5) is 53.6. The fourth-order valence-electron chi connectivity index (χ4n) is 5.39. The Morgan fingerprint density at radius 2 is 0.960 bits per heavy atom. The molecule has 2 aromatic rings. The summed E-state index contributed by atoms with van der Waals surface area (Å²) in [5.41, 5.74) is 3.19. The summed E-state index contributed by atoms with van der Waals surface area (Å²) in [5, 5.41) is 5.75. The van der Waals surface area contributed by atoms with Crippen molar-refractivity contribution in [1.82, 2.24) is 20.4 Å². The normalized spacial score (nSPS) is 17.7. The van der Waals surface area contributed by atoms with E-state index in [9.17, 15) is 19.2 Å². The van der Waals surface area contributed by atoms with E-state index in [1.54, 1.807) is 52.2 Å². The van der Waals surface area contributed by atoms with Gasteiger partial charge in [-0.3, -0.25) is 0 Å². The summed E-state index contributed by atoms with van der Waals surface area (Å²) >= 11 is 0. The summed E-state index contributed by atoms with van der Waals surface area (Å²) in [6.07, 6.45) is 1.48. The maximum Gasteiger partial charge on any atom is 0.338 e. The molecule has 0 fully saturated rings. The number of hydrogen-bond donors (Lipinski definition) is 2. The van der Waals surface area contributed by atoms with Crippen molar-refractivity contribution in [3.05, 3.63) is 82.2 Å². The molecule has 0 radical (unpaired) electrons. The van der Waals surface area contributed by atoms with Crippen LogP contribution < -0.4 is 20.1 Å². The van der Waals surface area contributed by atoms with Crippen molar-refractivity contribution in [3.63, 3.8) is 0 Å². The summed E-state index contributed by atoms with van der Waals surface area (Å²) in [7, 11) is 6.25. The number of ether oxygens (including phenoxy) is 6. The molecule has 0 aliphatic carbocycles. The smallest absolute Gasteiger partial charge is 0.338 e. The molecule has 2 aromatic carbocycles. The number of unbranched alkanes of at least 4 members (excludes halogenated alkanes) is 1. The average Bonchev–Trinajstić information content (AvgIpc) is 3.11. The first-order chi connectivity index (χ1) is 24.1. The van der Waals surface area contributed by atoms with Gasteiger partial charge in [0.05, 0.1) is 49.7 Å². The summed E-state index contributed by atoms with van der Waals surface area (Å²) in [5.74, 6) is 0.277. The van der Waals surface area contributed by atoms with Crippen molar-refractivity contribution in [2.75, 3.05) is 68.0 Å². The van der Waals surface area contributed by atoms with Crippen LogP contribution in [-0.4, -0.2) is 102 Å². The first kappa shape index (κ1) is 37.7. The molecule has 270 valence electrons. The monoisotopic (exact) mass is 694 g/mol. The lowest BCUT2D eigenvalue weighted by Gasteiger charge is -2.33. The number of amides is 4. The molecule has 2 heterocycles. The average molecular weight is 695 g/mol. The van der Waals surface area contributed by atoms with Gasteiger partial charge in [0, 0.05) is 39.7 Å². The minimum atomic E-state index is -0.664. The number of benzene rings is 2. The Morgan fingerprint density at radius 1 is 0.600 bits per heavy atom. The van der Waals surface area contributed by atoms with Gasteiger partial charge in [-0.25, -0.2) is 19.2 Å². The van der Waals surface area contributed by atoms with Crippen LogP contribution >= 0.6 is 0 Å². The summed E-state index contributed by atoms with van der Waals surface area (Å²) in [6.45, 7) is 5.11. The molecule has 2 N–H and O–H groups in total. The Balaban J connectivity index is 1.26. The molecule has 14 heteroatoms. The van der Waals surface area contributed by atoms with Crippen LogP contribution in [-0.2, 0) is 28.5 Å². The molecule has 0 saturated carbocycles. The Kier molecular flexibility index (Phi) is 13.6. The molecule has 0 bridgehead atoms. The molecule has 2 aliphatic rings. The van der Waals surface area contributed by atoms with Gasteiger partial charge in [0.2, 0.25) is 0 Å². The Morgan fingerprint density at radius 3 is 1.30 bits per heavy atom. The third-order valence-electron chi connectivity index (χ3n) is 8.49. The first-order valence-electron chi connectivity index (χ1n) is 16.3. The highest BCUT2D eigenvalue weighted by atomic mass is 16.6. The minimum absolute atomic E-state index is 0.105. The number of nitrogens with one attached hydrogen (secondary N) is 2. The molecule has 0 saturated heterocycles. The van der Waals surface area contributed by atoms with Gasteiger partial charge in [-0.05, 0) is 62.1 Å². The molecule has 0 aromatic heterocycles. The summed E-state index contributed by atoms with van der Waals surface area (Å²) in [6, 6.07) is 12.5. The van der Waals surface area contributed by atoms with Crippen molar-refractivity contribution in [1.29, 1.82) is 0 Å². The van der Waals surface area contributed by atoms with Gasteiger partial charge in [-0.2, -0.15) is 0 Å². The van der Waals surface area contributed by atoms with Crippen molar-refractivity contribution >= 4 is 24.0 Å². The summed E-state index contributed by atoms with van der Waals surface area (Å²) < 4.78 is 32.5. The lowest BCUT2D eigenvalue weighted by atomic mass is 9.95. The van der Waals surface area contributed by atoms with Crippen LogP contribution in [0.4, 0.5) is 9.59 Å². The number of carbonyl (C=O) groups is 4. The van der Waals surface area contributed by atoms with E-state index >= 15 is 0 Å². The van der Waals surface area contributed by atoms with Crippen molar-refractivity contribution in [2.24, 2.45) is 0 Å². The van der Waals surface area contributed by atoms with Gasteiger partial charge in [0.15, 0.2) is 0 Å². The topological polar surface area (TPSA) is 154 Å². The van der Waals surface area contributed by atoms with E-state index < -0.39 is 24.0 Å². The second kappa shape index (κ2) is 18.1. The zero-order valence-electron chi connectivity index (χ0n) is 29.4. The van der Waals surface area contributed by atoms with Gasteiger partial charge in [-0.1, -0.05) is 24.3 Å². The molecule has 2 aliphatic heterocycles. The molecule has 4 rings (SSSR count). The fraction of sp³-hybridized carbons (Fsp3) is 0.444. The minimum Gasteiger partial charge on any atom is -0.494 e. The van der Waals surface area contributed by atoms with Gasteiger partial charge >= 0.3 is 24.0 Å². The maximum atomic E-state index is 12.9. The van der Waals surface area contributed by atoms with Crippen LogP contribution in [0.5, 0.6) is 11.5 Å². The number of hydrogen-bond acceptors (Lipinski definition) is 10.